The number of rotatable bonds is 1. The Morgan fingerprint density at radius 2 is 2.00 bits per heavy atom. The number of urea groups is 1. The summed E-state index contributed by atoms with van der Waals surface area (Å²) in [6, 6.07) is 16.1. The third-order valence-electron chi connectivity index (χ3n) is 4.70. The molecule has 2 aromatic carbocycles. The van der Waals surface area contributed by atoms with Crippen molar-refractivity contribution in [2.24, 2.45) is 0 Å². The predicted molar refractivity (Wildman–Crippen MR) is 103 cm³/mol. The Balaban J connectivity index is 1.70. The van der Waals surface area contributed by atoms with Crippen molar-refractivity contribution < 1.29 is 9.18 Å². The van der Waals surface area contributed by atoms with Crippen LogP contribution in [0, 0.1) is 5.82 Å². The van der Waals surface area contributed by atoms with Crippen LogP contribution in [-0.2, 0) is 6.54 Å². The van der Waals surface area contributed by atoms with Crippen LogP contribution in [0.2, 0.25) is 0 Å². The highest BCUT2D eigenvalue weighted by molar-refractivity contribution is 9.10. The van der Waals surface area contributed by atoms with Crippen LogP contribution in [0.1, 0.15) is 24.2 Å². The third-order valence-corrected chi connectivity index (χ3v) is 5.19. The van der Waals surface area contributed by atoms with Crippen LogP contribution in [0.4, 0.5) is 14.9 Å². The third kappa shape index (κ3) is 2.90. The van der Waals surface area contributed by atoms with E-state index >= 15 is 0 Å². The summed E-state index contributed by atoms with van der Waals surface area (Å²) in [7, 11) is 0. The van der Waals surface area contributed by atoms with Crippen molar-refractivity contribution in [2.75, 3.05) is 5.32 Å². The van der Waals surface area contributed by atoms with Gasteiger partial charge in [0, 0.05) is 16.4 Å². The number of hydrogen-bond acceptors (Lipinski definition) is 1. The summed E-state index contributed by atoms with van der Waals surface area (Å²) in [6.07, 6.45) is 2.00. The molecule has 0 saturated carbocycles. The zero-order valence-electron chi connectivity index (χ0n) is 14.1. The lowest BCUT2D eigenvalue weighted by Crippen LogP contribution is -2.36. The zero-order chi connectivity index (χ0) is 18.3. The molecular formula is C20H17BrFN3O. The van der Waals surface area contributed by atoms with Crippen molar-refractivity contribution in [2.45, 2.75) is 19.5 Å². The first-order valence-electron chi connectivity index (χ1n) is 8.33. The van der Waals surface area contributed by atoms with Gasteiger partial charge in [0.25, 0.3) is 0 Å². The van der Waals surface area contributed by atoms with Crippen molar-refractivity contribution in [3.8, 4) is 5.69 Å². The van der Waals surface area contributed by atoms with Gasteiger partial charge >= 0.3 is 6.03 Å². The summed E-state index contributed by atoms with van der Waals surface area (Å²) in [5.74, 6) is -0.473. The highest BCUT2D eigenvalue weighted by Crippen LogP contribution is 2.32. The molecule has 0 bridgehead atoms. The smallest absolute Gasteiger partial charge is 0.318 e. The summed E-state index contributed by atoms with van der Waals surface area (Å²) in [5.41, 5.74) is 3.28. The van der Waals surface area contributed by atoms with Gasteiger partial charge in [0.05, 0.1) is 24.0 Å². The monoisotopic (exact) mass is 413 g/mol. The summed E-state index contributed by atoms with van der Waals surface area (Å²) in [6.45, 7) is 2.43. The Labute approximate surface area is 159 Å². The molecule has 1 aliphatic heterocycles. The molecule has 0 saturated heterocycles. The number of nitrogens with one attached hydrogen (secondary N) is 1. The minimum Gasteiger partial charge on any atom is -0.318 e. The van der Waals surface area contributed by atoms with E-state index in [0.29, 0.717) is 11.0 Å². The molecule has 6 heteroatoms. The quantitative estimate of drug-likeness (QED) is 0.562. The van der Waals surface area contributed by atoms with Crippen LogP contribution >= 0.6 is 15.9 Å². The van der Waals surface area contributed by atoms with Crippen molar-refractivity contribution in [1.29, 1.82) is 0 Å². The van der Waals surface area contributed by atoms with E-state index in [1.54, 1.807) is 17.0 Å². The Morgan fingerprint density at radius 3 is 2.81 bits per heavy atom. The molecule has 132 valence electrons. The fourth-order valence-corrected chi connectivity index (χ4v) is 3.67. The molecular weight excluding hydrogens is 397 g/mol. The van der Waals surface area contributed by atoms with Crippen molar-refractivity contribution >= 4 is 27.6 Å². The first-order valence-corrected chi connectivity index (χ1v) is 9.12. The first kappa shape index (κ1) is 16.8. The minimum absolute atomic E-state index is 0.157. The maximum Gasteiger partial charge on any atom is 0.322 e. The molecule has 2 heterocycles. The average Bonchev–Trinajstić information content (AvgIpc) is 3.07. The van der Waals surface area contributed by atoms with Crippen molar-refractivity contribution in [3.63, 3.8) is 0 Å². The molecule has 4 rings (SSSR count). The Morgan fingerprint density at radius 1 is 1.19 bits per heavy atom. The molecule has 1 aromatic heterocycles. The number of amides is 2. The van der Waals surface area contributed by atoms with Gasteiger partial charge in [0.15, 0.2) is 0 Å². The molecule has 0 spiro atoms. The maximum atomic E-state index is 14.1. The van der Waals surface area contributed by atoms with E-state index < -0.39 is 5.82 Å². The lowest BCUT2D eigenvalue weighted by atomic mass is 10.1. The number of para-hydroxylation sites is 1. The maximum absolute atomic E-state index is 14.1. The van der Waals surface area contributed by atoms with Gasteiger partial charge < -0.3 is 14.8 Å². The number of nitrogens with zero attached hydrogens (tertiary/aromatic N) is 2. The zero-order valence-corrected chi connectivity index (χ0v) is 15.7. The van der Waals surface area contributed by atoms with Crippen LogP contribution in [-0.4, -0.2) is 15.5 Å². The van der Waals surface area contributed by atoms with E-state index in [9.17, 15) is 9.18 Å². The van der Waals surface area contributed by atoms with E-state index in [4.69, 9.17) is 0 Å². The van der Waals surface area contributed by atoms with Crippen molar-refractivity contribution in [3.05, 3.63) is 82.3 Å². The summed E-state index contributed by atoms with van der Waals surface area (Å²) in [4.78, 5) is 14.7. The molecule has 1 N–H and O–H groups in total. The number of hydrogen-bond donors (Lipinski definition) is 1. The van der Waals surface area contributed by atoms with Crippen molar-refractivity contribution in [1.82, 2.24) is 9.47 Å². The second-order valence-electron chi connectivity index (χ2n) is 6.29. The molecule has 3 aromatic rings. The van der Waals surface area contributed by atoms with E-state index in [1.165, 1.54) is 6.07 Å². The van der Waals surface area contributed by atoms with Gasteiger partial charge in [0.1, 0.15) is 5.82 Å². The first-order chi connectivity index (χ1) is 12.5. The molecule has 0 fully saturated rings. The molecule has 2 amide bonds. The van der Waals surface area contributed by atoms with E-state index in [0.717, 1.165) is 16.9 Å². The molecule has 4 nitrogen and oxygen atoms in total. The van der Waals surface area contributed by atoms with Gasteiger partial charge in [-0.2, -0.15) is 0 Å². The number of carbonyl (C=O) groups is 1. The second kappa shape index (κ2) is 6.61. The van der Waals surface area contributed by atoms with Gasteiger partial charge in [-0.25, -0.2) is 9.18 Å². The topological polar surface area (TPSA) is 37.3 Å². The Bertz CT molecular complexity index is 985. The van der Waals surface area contributed by atoms with Gasteiger partial charge in [-0.1, -0.05) is 34.1 Å². The fraction of sp³-hybridized carbons (Fsp3) is 0.150. The molecule has 1 aliphatic rings. The van der Waals surface area contributed by atoms with Crippen LogP contribution in [0.15, 0.2) is 65.3 Å². The molecule has 0 aliphatic carbocycles. The SMILES string of the molecule is C[C@@H]1c2cccn2-c2ccccc2CN1C(=O)Nc1ccc(Br)cc1F. The largest absolute Gasteiger partial charge is 0.322 e. The lowest BCUT2D eigenvalue weighted by Gasteiger charge is -2.27. The summed E-state index contributed by atoms with van der Waals surface area (Å²) in [5, 5.41) is 2.70. The molecule has 1 atom stereocenters. The van der Waals surface area contributed by atoms with E-state index in [1.807, 2.05) is 49.5 Å². The highest BCUT2D eigenvalue weighted by Gasteiger charge is 2.28. The second-order valence-corrected chi connectivity index (χ2v) is 7.21. The number of aromatic nitrogens is 1. The summed E-state index contributed by atoms with van der Waals surface area (Å²) < 4.78 is 16.8. The van der Waals surface area contributed by atoms with Gasteiger partial charge in [-0.05, 0) is 48.9 Å². The number of fused-ring (bicyclic) bond motifs is 3. The average molecular weight is 414 g/mol. The number of carbonyl (C=O) groups excluding carboxylic acids is 1. The minimum atomic E-state index is -0.473. The van der Waals surface area contributed by atoms with Crippen LogP contribution < -0.4 is 5.32 Å². The number of anilines is 1. The van der Waals surface area contributed by atoms with E-state index in [-0.39, 0.29) is 17.8 Å². The summed E-state index contributed by atoms with van der Waals surface area (Å²) >= 11 is 3.22. The fourth-order valence-electron chi connectivity index (χ4n) is 3.34. The van der Waals surface area contributed by atoms with Gasteiger partial charge in [-0.3, -0.25) is 0 Å². The van der Waals surface area contributed by atoms with E-state index in [2.05, 4.69) is 25.8 Å². The Hall–Kier alpha value is -2.60. The number of halogens is 2. The normalized spacial score (nSPS) is 15.8. The van der Waals surface area contributed by atoms with Crippen LogP contribution in [0.5, 0.6) is 0 Å². The molecule has 0 unspecified atom stereocenters. The van der Waals surface area contributed by atoms with Gasteiger partial charge in [-0.15, -0.1) is 0 Å². The van der Waals surface area contributed by atoms with Gasteiger partial charge in [0.2, 0.25) is 0 Å². The standard InChI is InChI=1S/C20H17BrFN3O/c1-13-18-7-4-10-24(18)19-6-3-2-5-14(19)12-25(13)20(26)23-17-9-8-15(21)11-16(17)22/h2-11,13H,12H2,1H3,(H,23,26)/t13-/m1/s1. The predicted octanol–water partition coefficient (Wildman–Crippen LogP) is 5.49. The lowest BCUT2D eigenvalue weighted by molar-refractivity contribution is 0.189. The van der Waals surface area contributed by atoms with Crippen LogP contribution in [0.25, 0.3) is 5.69 Å². The van der Waals surface area contributed by atoms with Crippen LogP contribution in [0.3, 0.4) is 0 Å². The molecule has 0 radical (unpaired) electrons. The highest BCUT2D eigenvalue weighted by atomic mass is 79.9. The number of benzene rings is 2. The Kier molecular flexibility index (Phi) is 4.28. The molecule has 26 heavy (non-hydrogen) atoms.